The van der Waals surface area contributed by atoms with Gasteiger partial charge in [-0.3, -0.25) is 14.4 Å². The van der Waals surface area contributed by atoms with Crippen LogP contribution < -0.4 is 10.1 Å². The number of nitrogens with one attached hydrogen (secondary N) is 1. The SMILES string of the molecule is C=CCOc1ccc(C(=O)[C@@H]2[C@H](C(=O)c3ccccc3Cl)N3C=Cc4ccccc4[C@H]3[C@]23C(=O)Nc2ccccc23)cc1. The normalized spacial score (nSPS) is 22.9. The van der Waals surface area contributed by atoms with Crippen LogP contribution in [0.5, 0.6) is 5.75 Å². The summed E-state index contributed by atoms with van der Waals surface area (Å²) in [6.07, 6.45) is 5.43. The van der Waals surface area contributed by atoms with Crippen molar-refractivity contribution in [1.29, 1.82) is 0 Å². The van der Waals surface area contributed by atoms with Crippen LogP contribution in [0.3, 0.4) is 0 Å². The Morgan fingerprint density at radius 3 is 2.44 bits per heavy atom. The van der Waals surface area contributed by atoms with E-state index in [2.05, 4.69) is 11.9 Å². The summed E-state index contributed by atoms with van der Waals surface area (Å²) in [6, 6.07) is 27.3. The number of rotatable bonds is 7. The molecule has 1 spiro atoms. The Labute approximate surface area is 254 Å². The summed E-state index contributed by atoms with van der Waals surface area (Å²) >= 11 is 6.58. The molecule has 1 saturated heterocycles. The molecular weight excluding hydrogens is 560 g/mol. The van der Waals surface area contributed by atoms with E-state index in [1.54, 1.807) is 54.6 Å². The van der Waals surface area contributed by atoms with Crippen LogP contribution in [0.1, 0.15) is 43.4 Å². The molecule has 0 aromatic heterocycles. The summed E-state index contributed by atoms with van der Waals surface area (Å²) in [7, 11) is 0. The van der Waals surface area contributed by atoms with Gasteiger partial charge < -0.3 is 15.0 Å². The molecule has 1 amide bonds. The van der Waals surface area contributed by atoms with Gasteiger partial charge >= 0.3 is 0 Å². The fraction of sp³-hybridized carbons (Fsp3) is 0.139. The summed E-state index contributed by atoms with van der Waals surface area (Å²) in [5, 5.41) is 3.35. The van der Waals surface area contributed by atoms with E-state index in [9.17, 15) is 14.4 Å². The number of ether oxygens (including phenoxy) is 1. The van der Waals surface area contributed by atoms with E-state index < -0.39 is 23.4 Å². The first-order valence-corrected chi connectivity index (χ1v) is 14.5. The zero-order chi connectivity index (χ0) is 29.7. The lowest BCUT2D eigenvalue weighted by Gasteiger charge is -2.38. The number of benzene rings is 4. The Morgan fingerprint density at radius 1 is 0.930 bits per heavy atom. The van der Waals surface area contributed by atoms with E-state index >= 15 is 0 Å². The van der Waals surface area contributed by atoms with Gasteiger partial charge in [0.25, 0.3) is 0 Å². The zero-order valence-electron chi connectivity index (χ0n) is 23.1. The predicted molar refractivity (Wildman–Crippen MR) is 166 cm³/mol. The minimum atomic E-state index is -1.41. The summed E-state index contributed by atoms with van der Waals surface area (Å²) in [4.78, 5) is 46.0. The van der Waals surface area contributed by atoms with Gasteiger partial charge in [-0.1, -0.05) is 78.9 Å². The van der Waals surface area contributed by atoms with Crippen molar-refractivity contribution in [2.24, 2.45) is 5.92 Å². The molecule has 3 heterocycles. The molecule has 43 heavy (non-hydrogen) atoms. The van der Waals surface area contributed by atoms with E-state index in [0.29, 0.717) is 34.7 Å². The summed E-state index contributed by atoms with van der Waals surface area (Å²) in [6.45, 7) is 4.01. The van der Waals surface area contributed by atoms with E-state index in [1.165, 1.54) is 0 Å². The van der Waals surface area contributed by atoms with Crippen LogP contribution in [0.15, 0.2) is 116 Å². The Morgan fingerprint density at radius 2 is 1.65 bits per heavy atom. The molecule has 4 atom stereocenters. The largest absolute Gasteiger partial charge is 0.490 e. The molecule has 3 aliphatic heterocycles. The second-order valence-electron chi connectivity index (χ2n) is 10.9. The number of nitrogens with zero attached hydrogens (tertiary/aromatic N) is 1. The minimum absolute atomic E-state index is 0.289. The highest BCUT2D eigenvalue weighted by Crippen LogP contribution is 2.62. The van der Waals surface area contributed by atoms with Crippen molar-refractivity contribution in [2.75, 3.05) is 11.9 Å². The van der Waals surface area contributed by atoms with Gasteiger partial charge in [-0.05, 0) is 65.2 Å². The van der Waals surface area contributed by atoms with Crippen LogP contribution in [0.25, 0.3) is 6.08 Å². The van der Waals surface area contributed by atoms with Gasteiger partial charge in [0.05, 0.1) is 17.0 Å². The van der Waals surface area contributed by atoms with Crippen molar-refractivity contribution in [2.45, 2.75) is 17.5 Å². The van der Waals surface area contributed by atoms with Crippen LogP contribution in [0.2, 0.25) is 5.02 Å². The molecule has 4 aromatic carbocycles. The average molecular weight is 587 g/mol. The number of carbonyl (C=O) groups excluding carboxylic acids is 3. The molecule has 0 radical (unpaired) electrons. The quantitative estimate of drug-likeness (QED) is 0.189. The first-order chi connectivity index (χ1) is 21.0. The molecule has 3 aliphatic rings. The van der Waals surface area contributed by atoms with Gasteiger partial charge in [0.2, 0.25) is 5.91 Å². The number of hydrogen-bond acceptors (Lipinski definition) is 5. The molecule has 0 aliphatic carbocycles. The monoisotopic (exact) mass is 586 g/mol. The maximum Gasteiger partial charge on any atom is 0.238 e. The van der Waals surface area contributed by atoms with E-state index in [4.69, 9.17) is 16.3 Å². The van der Waals surface area contributed by atoms with Crippen LogP contribution in [0, 0.1) is 5.92 Å². The van der Waals surface area contributed by atoms with Crippen LogP contribution in [0.4, 0.5) is 5.69 Å². The van der Waals surface area contributed by atoms with Crippen LogP contribution >= 0.6 is 11.6 Å². The van der Waals surface area contributed by atoms with Crippen molar-refractivity contribution < 1.29 is 19.1 Å². The first-order valence-electron chi connectivity index (χ1n) is 14.1. The van der Waals surface area contributed by atoms with Crippen molar-refractivity contribution in [1.82, 2.24) is 4.90 Å². The van der Waals surface area contributed by atoms with Gasteiger partial charge in [-0.25, -0.2) is 0 Å². The number of fused-ring (bicyclic) bond motifs is 6. The number of carbonyl (C=O) groups is 3. The highest BCUT2D eigenvalue weighted by atomic mass is 35.5. The number of amides is 1. The van der Waals surface area contributed by atoms with Crippen molar-refractivity contribution in [3.8, 4) is 5.75 Å². The molecule has 7 rings (SSSR count). The maximum atomic E-state index is 14.9. The number of hydrogen-bond donors (Lipinski definition) is 1. The van der Waals surface area contributed by atoms with E-state index in [-0.39, 0.29) is 22.5 Å². The fourth-order valence-electron chi connectivity index (χ4n) is 7.04. The molecule has 1 fully saturated rings. The fourth-order valence-corrected chi connectivity index (χ4v) is 7.27. The lowest BCUT2D eigenvalue weighted by atomic mass is 9.62. The molecule has 0 bridgehead atoms. The smallest absolute Gasteiger partial charge is 0.238 e. The van der Waals surface area contributed by atoms with Gasteiger partial charge in [0.15, 0.2) is 11.6 Å². The lowest BCUT2D eigenvalue weighted by molar-refractivity contribution is -0.122. The number of para-hydroxylation sites is 1. The molecule has 6 nitrogen and oxygen atoms in total. The number of Topliss-reactive ketones (excluding diaryl/α,β-unsaturated/α-hetero) is 2. The standard InChI is InChI=1S/C36H27ClN2O4/c1-2-21-43-24-17-15-23(16-18-24)32(40)30-31(33(41)26-11-5-7-13-28(26)37)39-20-19-22-9-3-4-10-25(22)34(39)36(30)27-12-6-8-14-29(27)38-35(36)42/h2-20,30-31,34H,1,21H2,(H,38,42)/t30-,31+,34-,36+/m0/s1. The summed E-state index contributed by atoms with van der Waals surface area (Å²) in [5.41, 5.74) is 2.40. The Balaban J connectivity index is 1.49. The molecule has 7 heteroatoms. The van der Waals surface area contributed by atoms with Crippen molar-refractivity contribution in [3.05, 3.63) is 149 Å². The Bertz CT molecular complexity index is 1830. The van der Waals surface area contributed by atoms with Gasteiger partial charge in [0, 0.05) is 23.0 Å². The van der Waals surface area contributed by atoms with Crippen molar-refractivity contribution >= 4 is 40.8 Å². The lowest BCUT2D eigenvalue weighted by Crippen LogP contribution is -2.49. The Hall–Kier alpha value is -4.94. The Kier molecular flexibility index (Phi) is 6.51. The molecule has 0 unspecified atom stereocenters. The third-order valence-corrected chi connectivity index (χ3v) is 9.10. The molecule has 0 saturated carbocycles. The number of halogens is 1. The first kappa shape index (κ1) is 26.9. The summed E-state index contributed by atoms with van der Waals surface area (Å²) < 4.78 is 5.64. The van der Waals surface area contributed by atoms with Gasteiger partial charge in [-0.2, -0.15) is 0 Å². The van der Waals surface area contributed by atoms with E-state index in [0.717, 1.165) is 11.1 Å². The zero-order valence-corrected chi connectivity index (χ0v) is 23.8. The molecular formula is C36H27ClN2O4. The van der Waals surface area contributed by atoms with Crippen LogP contribution in [-0.2, 0) is 10.2 Å². The average Bonchev–Trinajstić information content (AvgIpc) is 3.52. The molecule has 212 valence electrons. The predicted octanol–water partition coefficient (Wildman–Crippen LogP) is 6.89. The number of anilines is 1. The third kappa shape index (κ3) is 3.97. The van der Waals surface area contributed by atoms with Crippen LogP contribution in [-0.4, -0.2) is 35.0 Å². The highest BCUT2D eigenvalue weighted by Gasteiger charge is 2.70. The minimum Gasteiger partial charge on any atom is -0.490 e. The van der Waals surface area contributed by atoms with Crippen molar-refractivity contribution in [3.63, 3.8) is 0 Å². The summed E-state index contributed by atoms with van der Waals surface area (Å²) in [5.74, 6) is -1.45. The molecule has 1 N–H and O–H groups in total. The van der Waals surface area contributed by atoms with E-state index in [1.807, 2.05) is 65.7 Å². The second kappa shape index (κ2) is 10.4. The van der Waals surface area contributed by atoms with Gasteiger partial charge in [-0.15, -0.1) is 0 Å². The topological polar surface area (TPSA) is 75.7 Å². The van der Waals surface area contributed by atoms with Gasteiger partial charge in [0.1, 0.15) is 23.8 Å². The third-order valence-electron chi connectivity index (χ3n) is 8.77. The maximum absolute atomic E-state index is 14.9. The molecule has 4 aromatic rings. The highest BCUT2D eigenvalue weighted by molar-refractivity contribution is 6.34. The second-order valence-corrected chi connectivity index (χ2v) is 11.3. The number of ketones is 2.